The van der Waals surface area contributed by atoms with Gasteiger partial charge in [0.2, 0.25) is 0 Å². The molecule has 118 valence electrons. The van der Waals surface area contributed by atoms with E-state index in [4.69, 9.17) is 0 Å². The van der Waals surface area contributed by atoms with E-state index in [0.717, 1.165) is 24.2 Å². The zero-order valence-corrected chi connectivity index (χ0v) is 13.9. The van der Waals surface area contributed by atoms with E-state index < -0.39 is 0 Å². The summed E-state index contributed by atoms with van der Waals surface area (Å²) in [6, 6.07) is 8.34. The molecule has 22 heavy (non-hydrogen) atoms. The Bertz CT molecular complexity index is 511. The van der Waals surface area contributed by atoms with Gasteiger partial charge in [-0.25, -0.2) is 0 Å². The van der Waals surface area contributed by atoms with Crippen molar-refractivity contribution in [2.24, 2.45) is 9.98 Å². The van der Waals surface area contributed by atoms with Gasteiger partial charge in [0.05, 0.1) is 12.1 Å². The molecule has 0 aliphatic heterocycles. The molecular weight excluding hydrogens is 343 g/mol. The molecule has 1 saturated carbocycles. The van der Waals surface area contributed by atoms with E-state index in [9.17, 15) is 0 Å². The number of hydrogen-bond donors (Lipinski definition) is 0. The molecule has 0 spiro atoms. The van der Waals surface area contributed by atoms with Crippen molar-refractivity contribution in [3.63, 3.8) is 0 Å². The van der Waals surface area contributed by atoms with Crippen molar-refractivity contribution in [2.75, 3.05) is 0 Å². The molecule has 0 saturated heterocycles. The zero-order chi connectivity index (χ0) is 15.6. The molecule has 3 rings (SSSR count). The van der Waals surface area contributed by atoms with Crippen molar-refractivity contribution >= 4 is 22.6 Å². The summed E-state index contributed by atoms with van der Waals surface area (Å²) in [5, 5.41) is 0. The van der Waals surface area contributed by atoms with E-state index in [0.29, 0.717) is 0 Å². The number of hydrogen-bond acceptors (Lipinski definition) is 2. The van der Waals surface area contributed by atoms with Crippen LogP contribution in [0.2, 0.25) is 0 Å². The van der Waals surface area contributed by atoms with Crippen molar-refractivity contribution in [1.82, 2.24) is 9.97 Å². The minimum absolute atomic E-state index is 0.270. The van der Waals surface area contributed by atoms with Crippen LogP contribution in [0, 0.1) is 0 Å². The maximum atomic E-state index is 4.69. The second-order valence-corrected chi connectivity index (χ2v) is 5.10. The molecule has 0 aromatic carbocycles. The quantitative estimate of drug-likeness (QED) is 0.787. The van der Waals surface area contributed by atoms with Gasteiger partial charge in [-0.15, -0.1) is 11.4 Å². The van der Waals surface area contributed by atoms with Crippen LogP contribution in [0.1, 0.15) is 37.1 Å². The summed E-state index contributed by atoms with van der Waals surface area (Å²) in [6.45, 7) is 0. The molecule has 1 aliphatic carbocycles. The third kappa shape index (κ3) is 5.16. The van der Waals surface area contributed by atoms with Gasteiger partial charge in [-0.1, -0.05) is 37.1 Å². The van der Waals surface area contributed by atoms with Crippen molar-refractivity contribution in [2.45, 2.75) is 37.8 Å². The Morgan fingerprint density at radius 3 is 1.73 bits per heavy atom. The standard InChI is InChI=1S/C16H18N4.ClH.Co/c1-2-8-16(20-12-14-6-4-10-18-14)15(7-1)19-11-13-5-3-9-17-13;;/h3-6,9-12,15-16H,1-2,7-8H2;1H;/q-2;;+3/p-1/t15-,16-;;/m0../s1. The Kier molecular flexibility index (Phi) is 7.49. The first kappa shape index (κ1) is 17.1. The molecule has 2 atom stereocenters. The number of nitrogens with zero attached hydrogens (tertiary/aromatic N) is 4. The molecular formula is C16H18ClCoN4. The Balaban J connectivity index is 0.000000847. The van der Waals surface area contributed by atoms with Gasteiger partial charge in [-0.2, -0.15) is 12.4 Å². The Morgan fingerprint density at radius 1 is 0.909 bits per heavy atom. The fraction of sp³-hybridized carbons (Fsp3) is 0.375. The second kappa shape index (κ2) is 9.66. The molecule has 1 aliphatic rings. The van der Waals surface area contributed by atoms with Crippen LogP contribution >= 0.6 is 10.1 Å². The van der Waals surface area contributed by atoms with Gasteiger partial charge in [-0.05, 0) is 12.8 Å². The van der Waals surface area contributed by atoms with Crippen LogP contribution < -0.4 is 9.97 Å². The van der Waals surface area contributed by atoms with Crippen LogP contribution in [0.25, 0.3) is 0 Å². The maximum absolute atomic E-state index is 4.69. The first-order chi connectivity index (χ1) is 10.9. The summed E-state index contributed by atoms with van der Waals surface area (Å²) in [7, 11) is 4.33. The molecule has 0 N–H and O–H groups in total. The third-order valence-corrected chi connectivity index (χ3v) is 3.64. The first-order valence-corrected chi connectivity index (χ1v) is 8.69. The van der Waals surface area contributed by atoms with Crippen LogP contribution in [0.4, 0.5) is 0 Å². The van der Waals surface area contributed by atoms with Gasteiger partial charge < -0.3 is 9.97 Å². The number of halogens is 1. The SMILES string of the molecule is C(=N[C@H]1CCCC[C@@H]1N=Cc1ccc[n-]1)c1ccc[n-]1.[Cl][Co+2]. The van der Waals surface area contributed by atoms with Gasteiger partial charge >= 0.3 is 25.0 Å². The average Bonchev–Trinajstić information content (AvgIpc) is 3.27. The molecule has 1 fully saturated rings. The molecule has 0 amide bonds. The van der Waals surface area contributed by atoms with Crippen molar-refractivity contribution < 1.29 is 14.8 Å². The average molecular weight is 361 g/mol. The zero-order valence-electron chi connectivity index (χ0n) is 12.1. The van der Waals surface area contributed by atoms with Crippen LogP contribution in [0.15, 0.2) is 46.6 Å². The molecule has 4 nitrogen and oxygen atoms in total. The fourth-order valence-corrected chi connectivity index (χ4v) is 2.56. The normalized spacial score (nSPS) is 21.9. The van der Waals surface area contributed by atoms with Gasteiger partial charge in [-0.3, -0.25) is 9.98 Å². The summed E-state index contributed by atoms with van der Waals surface area (Å²) < 4.78 is 0. The van der Waals surface area contributed by atoms with Gasteiger partial charge in [0.15, 0.2) is 0 Å². The number of rotatable bonds is 4. The van der Waals surface area contributed by atoms with Crippen LogP contribution in [0.3, 0.4) is 0 Å². The van der Waals surface area contributed by atoms with Gasteiger partial charge in [0.1, 0.15) is 0 Å². The van der Waals surface area contributed by atoms with Crippen molar-refractivity contribution in [3.8, 4) is 0 Å². The molecule has 2 heterocycles. The van der Waals surface area contributed by atoms with Crippen LogP contribution in [-0.2, 0) is 14.8 Å². The van der Waals surface area contributed by atoms with Gasteiger partial charge in [0, 0.05) is 12.4 Å². The summed E-state index contributed by atoms with van der Waals surface area (Å²) >= 11 is 3.03. The summed E-state index contributed by atoms with van der Waals surface area (Å²) in [5.74, 6) is 0. The molecule has 2 aromatic rings. The Labute approximate surface area is 143 Å². The summed E-state index contributed by atoms with van der Waals surface area (Å²) in [4.78, 5) is 17.8. The summed E-state index contributed by atoms with van der Waals surface area (Å²) in [6.07, 6.45) is 12.0. The van der Waals surface area contributed by atoms with Crippen LogP contribution in [0.5, 0.6) is 0 Å². The number of aromatic nitrogens is 2. The predicted octanol–water partition coefficient (Wildman–Crippen LogP) is 3.14. The molecule has 0 radical (unpaired) electrons. The predicted molar refractivity (Wildman–Crippen MR) is 86.6 cm³/mol. The van der Waals surface area contributed by atoms with E-state index in [2.05, 4.69) is 44.9 Å². The van der Waals surface area contributed by atoms with Crippen molar-refractivity contribution in [1.29, 1.82) is 0 Å². The third-order valence-electron chi connectivity index (χ3n) is 3.64. The Hall–Kier alpha value is -1.30. The van der Waals surface area contributed by atoms with E-state index in [1.54, 1.807) is 12.4 Å². The van der Waals surface area contributed by atoms with E-state index in [1.165, 1.54) is 12.8 Å². The van der Waals surface area contributed by atoms with Gasteiger partial charge in [0.25, 0.3) is 0 Å². The number of aliphatic imine (C=N–C) groups is 2. The Morgan fingerprint density at radius 2 is 1.36 bits per heavy atom. The van der Waals surface area contributed by atoms with Crippen molar-refractivity contribution in [3.05, 3.63) is 48.0 Å². The molecule has 0 bridgehead atoms. The fourth-order valence-electron chi connectivity index (χ4n) is 2.56. The van der Waals surface area contributed by atoms with Crippen LogP contribution in [-0.4, -0.2) is 24.5 Å². The van der Waals surface area contributed by atoms with E-state index in [-0.39, 0.29) is 12.1 Å². The monoisotopic (exact) mass is 360 g/mol. The summed E-state index contributed by atoms with van der Waals surface area (Å²) in [5.41, 5.74) is 1.85. The van der Waals surface area contributed by atoms with E-state index in [1.807, 2.05) is 36.7 Å². The second-order valence-electron chi connectivity index (χ2n) is 5.10. The molecule has 6 heteroatoms. The van der Waals surface area contributed by atoms with E-state index >= 15 is 0 Å². The first-order valence-electron chi connectivity index (χ1n) is 7.26. The minimum atomic E-state index is 0.270. The topological polar surface area (TPSA) is 52.9 Å². The molecule has 2 aromatic heterocycles. The molecule has 0 unspecified atom stereocenters.